The molecule has 0 aromatic heterocycles. The first kappa shape index (κ1) is 27.2. The van der Waals surface area contributed by atoms with Crippen LogP contribution in [-0.2, 0) is 37.9 Å². The van der Waals surface area contributed by atoms with E-state index < -0.39 is 26.0 Å². The zero-order chi connectivity index (χ0) is 21.6. The minimum absolute atomic E-state index is 0. The standard InChI is InChI=1S/C10H11NO4S.C8H8BrNO2S.2CH4/c1-11-6-8-7(10(12)15-2)4-3-5-9(8)16(11,13)14;1-10-5-6-7(9)3-2-4-8(6)13(10,11)12;;/h3-5H,6H2,1-2H3;2-4H,5H2,1H3;2*1H4. The van der Waals surface area contributed by atoms with Gasteiger partial charge in [-0.15, -0.1) is 0 Å². The van der Waals surface area contributed by atoms with E-state index in [-0.39, 0.29) is 26.3 Å². The van der Waals surface area contributed by atoms with Crippen LogP contribution in [0.25, 0.3) is 0 Å². The van der Waals surface area contributed by atoms with Gasteiger partial charge in [-0.25, -0.2) is 21.6 Å². The van der Waals surface area contributed by atoms with Crippen LogP contribution in [0.4, 0.5) is 0 Å². The largest absolute Gasteiger partial charge is 0.465 e. The van der Waals surface area contributed by atoms with Crippen LogP contribution in [0.1, 0.15) is 36.3 Å². The highest BCUT2D eigenvalue weighted by atomic mass is 79.9. The third-order valence-corrected chi connectivity index (χ3v) is 9.27. The number of ether oxygens (including phenoxy) is 1. The molecule has 172 valence electrons. The van der Waals surface area contributed by atoms with Crippen molar-refractivity contribution in [2.75, 3.05) is 21.2 Å². The van der Waals surface area contributed by atoms with Crippen molar-refractivity contribution in [3.63, 3.8) is 0 Å². The van der Waals surface area contributed by atoms with E-state index in [1.54, 1.807) is 31.3 Å². The van der Waals surface area contributed by atoms with Crippen molar-refractivity contribution in [3.8, 4) is 0 Å². The Morgan fingerprint density at radius 2 is 1.32 bits per heavy atom. The van der Waals surface area contributed by atoms with Crippen LogP contribution in [0.5, 0.6) is 0 Å². The minimum atomic E-state index is -3.42. The Labute approximate surface area is 193 Å². The fourth-order valence-corrected chi connectivity index (χ4v) is 6.52. The summed E-state index contributed by atoms with van der Waals surface area (Å²) in [6.07, 6.45) is 0. The molecule has 0 atom stereocenters. The van der Waals surface area contributed by atoms with Crippen molar-refractivity contribution in [2.45, 2.75) is 37.7 Å². The van der Waals surface area contributed by atoms with E-state index in [9.17, 15) is 21.6 Å². The molecule has 0 radical (unpaired) electrons. The third kappa shape index (κ3) is 4.70. The number of fused-ring (bicyclic) bond motifs is 2. The van der Waals surface area contributed by atoms with Crippen LogP contribution in [0.3, 0.4) is 0 Å². The quantitative estimate of drug-likeness (QED) is 0.519. The van der Waals surface area contributed by atoms with Crippen LogP contribution in [0.2, 0.25) is 0 Å². The number of methoxy groups -OCH3 is 1. The van der Waals surface area contributed by atoms with Crippen molar-refractivity contribution in [3.05, 3.63) is 57.6 Å². The SMILES string of the molecule is C.C.CN1Cc2c(Br)cccc2S1(=O)=O.COC(=O)c1cccc2c1CN(C)S2(=O)=O. The lowest BCUT2D eigenvalue weighted by atomic mass is 10.1. The fraction of sp³-hybridized carbons (Fsp3) is 0.350. The summed E-state index contributed by atoms with van der Waals surface area (Å²) >= 11 is 3.34. The summed E-state index contributed by atoms with van der Waals surface area (Å²) in [6.45, 7) is 0.669. The number of nitrogens with zero attached hydrogens (tertiary/aromatic N) is 2. The van der Waals surface area contributed by atoms with Gasteiger partial charge in [-0.3, -0.25) is 0 Å². The number of sulfonamides is 2. The lowest BCUT2D eigenvalue weighted by Gasteiger charge is -2.04. The van der Waals surface area contributed by atoms with Gasteiger partial charge < -0.3 is 4.74 Å². The van der Waals surface area contributed by atoms with E-state index in [1.165, 1.54) is 28.8 Å². The van der Waals surface area contributed by atoms with Gasteiger partial charge in [0.1, 0.15) is 0 Å². The van der Waals surface area contributed by atoms with E-state index in [2.05, 4.69) is 20.7 Å². The monoisotopic (exact) mass is 534 g/mol. The van der Waals surface area contributed by atoms with Crippen molar-refractivity contribution < 1.29 is 26.4 Å². The molecule has 2 aromatic carbocycles. The number of halogens is 1. The molecule has 0 unspecified atom stereocenters. The van der Waals surface area contributed by atoms with E-state index in [0.29, 0.717) is 22.6 Å². The Bertz CT molecular complexity index is 1200. The first-order valence-electron chi connectivity index (χ1n) is 8.42. The molecule has 2 heterocycles. The summed E-state index contributed by atoms with van der Waals surface area (Å²) < 4.78 is 55.0. The number of carbonyl (C=O) groups excluding carboxylic acids is 1. The van der Waals surface area contributed by atoms with Crippen LogP contribution in [0.15, 0.2) is 50.7 Å². The smallest absolute Gasteiger partial charge is 0.338 e. The zero-order valence-electron chi connectivity index (χ0n) is 15.9. The summed E-state index contributed by atoms with van der Waals surface area (Å²) in [5.41, 5.74) is 1.68. The third-order valence-electron chi connectivity index (χ3n) is 4.75. The van der Waals surface area contributed by atoms with Gasteiger partial charge in [0, 0.05) is 42.8 Å². The van der Waals surface area contributed by atoms with Crippen molar-refractivity contribution in [1.82, 2.24) is 8.61 Å². The van der Waals surface area contributed by atoms with Gasteiger partial charge in [-0.1, -0.05) is 42.9 Å². The molecule has 11 heteroatoms. The van der Waals surface area contributed by atoms with Gasteiger partial charge in [-0.2, -0.15) is 8.61 Å². The number of hydrogen-bond donors (Lipinski definition) is 0. The maximum atomic E-state index is 11.8. The second kappa shape index (κ2) is 9.78. The number of carbonyl (C=O) groups is 1. The molecule has 0 N–H and O–H groups in total. The number of rotatable bonds is 1. The summed E-state index contributed by atoms with van der Waals surface area (Å²) in [5.74, 6) is -0.512. The molecule has 0 fully saturated rings. The molecule has 8 nitrogen and oxygen atoms in total. The van der Waals surface area contributed by atoms with Gasteiger partial charge in [0.25, 0.3) is 0 Å². The molecule has 0 saturated heterocycles. The molecule has 2 aliphatic heterocycles. The second-order valence-corrected chi connectivity index (χ2v) is 11.4. The van der Waals surface area contributed by atoms with Gasteiger partial charge in [0.05, 0.1) is 22.5 Å². The maximum Gasteiger partial charge on any atom is 0.338 e. The van der Waals surface area contributed by atoms with Gasteiger partial charge in [-0.05, 0) is 24.3 Å². The van der Waals surface area contributed by atoms with Crippen molar-refractivity contribution in [1.29, 1.82) is 0 Å². The molecule has 31 heavy (non-hydrogen) atoms. The summed E-state index contributed by atoms with van der Waals surface area (Å²) in [6, 6.07) is 9.84. The highest BCUT2D eigenvalue weighted by Gasteiger charge is 2.35. The minimum Gasteiger partial charge on any atom is -0.465 e. The Morgan fingerprint density at radius 1 is 0.871 bits per heavy atom. The second-order valence-electron chi connectivity index (χ2n) is 6.51. The Hall–Kier alpha value is -1.79. The number of esters is 1. The Kier molecular flexibility index (Phi) is 8.60. The van der Waals surface area contributed by atoms with Crippen LogP contribution < -0.4 is 0 Å². The first-order valence-corrected chi connectivity index (χ1v) is 12.1. The number of benzene rings is 2. The molecule has 4 rings (SSSR count). The molecule has 2 aliphatic rings. The topological polar surface area (TPSA) is 101 Å². The summed E-state index contributed by atoms with van der Waals surface area (Å²) in [4.78, 5) is 12.1. The average Bonchev–Trinajstić information content (AvgIpc) is 3.06. The molecule has 0 spiro atoms. The van der Waals surface area contributed by atoms with Gasteiger partial charge in [0.2, 0.25) is 20.0 Å². The average molecular weight is 535 g/mol. The fourth-order valence-electron chi connectivity index (χ4n) is 3.16. The van der Waals surface area contributed by atoms with Crippen LogP contribution in [-0.4, -0.2) is 52.6 Å². The highest BCUT2D eigenvalue weighted by molar-refractivity contribution is 9.10. The van der Waals surface area contributed by atoms with Crippen LogP contribution in [0, 0.1) is 0 Å². The van der Waals surface area contributed by atoms with Gasteiger partial charge >= 0.3 is 5.97 Å². The van der Waals surface area contributed by atoms with E-state index in [0.717, 1.165) is 10.0 Å². The highest BCUT2D eigenvalue weighted by Crippen LogP contribution is 2.33. The van der Waals surface area contributed by atoms with E-state index in [4.69, 9.17) is 0 Å². The van der Waals surface area contributed by atoms with Crippen LogP contribution >= 0.6 is 15.9 Å². The zero-order valence-corrected chi connectivity index (χ0v) is 19.1. The molecule has 0 bridgehead atoms. The molecule has 0 saturated carbocycles. The van der Waals surface area contributed by atoms with Gasteiger partial charge in [0.15, 0.2) is 0 Å². The number of hydrogen-bond acceptors (Lipinski definition) is 6. The molecule has 0 aliphatic carbocycles. The molecular formula is C20H27BrN2O6S2. The lowest BCUT2D eigenvalue weighted by molar-refractivity contribution is 0.0599. The van der Waals surface area contributed by atoms with Crippen molar-refractivity contribution in [2.24, 2.45) is 0 Å². The predicted octanol–water partition coefficient (Wildman–Crippen LogP) is 3.46. The molecule has 0 amide bonds. The predicted molar refractivity (Wildman–Crippen MR) is 123 cm³/mol. The summed E-state index contributed by atoms with van der Waals surface area (Å²) in [7, 11) is -2.29. The van der Waals surface area contributed by atoms with E-state index >= 15 is 0 Å². The first-order chi connectivity index (χ1) is 13.5. The summed E-state index contributed by atoms with van der Waals surface area (Å²) in [5, 5.41) is 0. The normalized spacial score (nSPS) is 17.8. The van der Waals surface area contributed by atoms with Crippen molar-refractivity contribution >= 4 is 41.9 Å². The molecular weight excluding hydrogens is 508 g/mol. The van der Waals surface area contributed by atoms with E-state index in [1.807, 2.05) is 6.07 Å². The maximum absolute atomic E-state index is 11.8. The Balaban J connectivity index is 0.000000296. The molecule has 2 aromatic rings. The Morgan fingerprint density at radius 3 is 1.81 bits per heavy atom. The lowest BCUT2D eigenvalue weighted by Crippen LogP contribution is -2.18.